The topological polar surface area (TPSA) is 50.8 Å². The van der Waals surface area contributed by atoms with Crippen LogP contribution in [0.2, 0.25) is 0 Å². The summed E-state index contributed by atoms with van der Waals surface area (Å²) in [6.45, 7) is 4.33. The van der Waals surface area contributed by atoms with Crippen molar-refractivity contribution in [3.63, 3.8) is 0 Å². The third kappa shape index (κ3) is 2.51. The van der Waals surface area contributed by atoms with Gasteiger partial charge >= 0.3 is 0 Å². The molecule has 18 heavy (non-hydrogen) atoms. The Morgan fingerprint density at radius 3 is 2.50 bits per heavy atom. The van der Waals surface area contributed by atoms with E-state index >= 15 is 0 Å². The first-order valence-corrected chi connectivity index (χ1v) is 5.73. The average molecular weight is 241 g/mol. The SMILES string of the molecule is Cc1cc(C#N)cc(C)c1OCc1ccn(C)n1. The van der Waals surface area contributed by atoms with Gasteiger partial charge in [0.1, 0.15) is 12.4 Å². The summed E-state index contributed by atoms with van der Waals surface area (Å²) in [6, 6.07) is 7.73. The molecule has 2 rings (SSSR count). The Labute approximate surface area is 106 Å². The molecule has 0 amide bonds. The largest absolute Gasteiger partial charge is 0.487 e. The maximum absolute atomic E-state index is 8.88. The van der Waals surface area contributed by atoms with E-state index in [0.717, 1.165) is 22.6 Å². The molecular weight excluding hydrogens is 226 g/mol. The fourth-order valence-corrected chi connectivity index (χ4v) is 1.93. The molecule has 0 N–H and O–H groups in total. The van der Waals surface area contributed by atoms with Crippen LogP contribution in [0.15, 0.2) is 24.4 Å². The van der Waals surface area contributed by atoms with Gasteiger partial charge < -0.3 is 4.74 Å². The number of aryl methyl sites for hydroxylation is 3. The van der Waals surface area contributed by atoms with Crippen molar-refractivity contribution in [2.45, 2.75) is 20.5 Å². The van der Waals surface area contributed by atoms with Crippen LogP contribution in [0, 0.1) is 25.2 Å². The number of benzene rings is 1. The molecule has 0 atom stereocenters. The molecule has 4 heteroatoms. The van der Waals surface area contributed by atoms with Crippen molar-refractivity contribution >= 4 is 0 Å². The zero-order chi connectivity index (χ0) is 13.1. The molecule has 0 unspecified atom stereocenters. The van der Waals surface area contributed by atoms with Crippen molar-refractivity contribution < 1.29 is 4.74 Å². The van der Waals surface area contributed by atoms with E-state index in [0.29, 0.717) is 12.2 Å². The van der Waals surface area contributed by atoms with E-state index in [-0.39, 0.29) is 0 Å². The first-order valence-electron chi connectivity index (χ1n) is 5.73. The van der Waals surface area contributed by atoms with Crippen LogP contribution in [0.4, 0.5) is 0 Å². The van der Waals surface area contributed by atoms with Gasteiger partial charge in [-0.05, 0) is 43.2 Å². The van der Waals surface area contributed by atoms with Crippen LogP contribution >= 0.6 is 0 Å². The Hall–Kier alpha value is -2.28. The standard InChI is InChI=1S/C14H15N3O/c1-10-6-12(8-15)7-11(2)14(10)18-9-13-4-5-17(3)16-13/h4-7H,9H2,1-3H3. The van der Waals surface area contributed by atoms with Crippen LogP contribution in [0.5, 0.6) is 5.75 Å². The molecule has 0 aliphatic rings. The van der Waals surface area contributed by atoms with Crippen molar-refractivity contribution in [3.8, 4) is 11.8 Å². The Kier molecular flexibility index (Phi) is 3.33. The molecule has 0 aliphatic heterocycles. The minimum Gasteiger partial charge on any atom is -0.487 e. The molecular formula is C14H15N3O. The minimum absolute atomic E-state index is 0.439. The van der Waals surface area contributed by atoms with Crippen molar-refractivity contribution in [3.05, 3.63) is 46.8 Å². The molecule has 2 aromatic rings. The fraction of sp³-hybridized carbons (Fsp3) is 0.286. The first kappa shape index (κ1) is 12.2. The Balaban J connectivity index is 2.17. The molecule has 0 saturated heterocycles. The van der Waals surface area contributed by atoms with Gasteiger partial charge in [-0.25, -0.2) is 0 Å². The Bertz CT molecular complexity index is 585. The van der Waals surface area contributed by atoms with E-state index in [2.05, 4.69) is 11.2 Å². The monoisotopic (exact) mass is 241 g/mol. The zero-order valence-corrected chi connectivity index (χ0v) is 10.8. The summed E-state index contributed by atoms with van der Waals surface area (Å²) in [4.78, 5) is 0. The van der Waals surface area contributed by atoms with Gasteiger partial charge in [0.15, 0.2) is 0 Å². The van der Waals surface area contributed by atoms with Gasteiger partial charge in [-0.15, -0.1) is 0 Å². The normalized spacial score (nSPS) is 10.1. The van der Waals surface area contributed by atoms with E-state index in [9.17, 15) is 0 Å². The summed E-state index contributed by atoms with van der Waals surface area (Å²) in [5.41, 5.74) is 3.50. The van der Waals surface area contributed by atoms with Crippen molar-refractivity contribution in [2.75, 3.05) is 0 Å². The van der Waals surface area contributed by atoms with Crippen molar-refractivity contribution in [2.24, 2.45) is 7.05 Å². The second-order valence-electron chi connectivity index (χ2n) is 4.32. The second kappa shape index (κ2) is 4.92. The summed E-state index contributed by atoms with van der Waals surface area (Å²) in [5.74, 6) is 0.833. The van der Waals surface area contributed by atoms with Crippen LogP contribution in [0.1, 0.15) is 22.4 Å². The zero-order valence-electron chi connectivity index (χ0n) is 10.8. The molecule has 0 saturated carbocycles. The maximum atomic E-state index is 8.88. The van der Waals surface area contributed by atoms with Crippen molar-refractivity contribution in [1.29, 1.82) is 5.26 Å². The van der Waals surface area contributed by atoms with Gasteiger partial charge in [-0.2, -0.15) is 10.4 Å². The molecule has 1 aromatic heterocycles. The lowest BCUT2D eigenvalue weighted by Crippen LogP contribution is -2.01. The minimum atomic E-state index is 0.439. The molecule has 1 aromatic carbocycles. The van der Waals surface area contributed by atoms with E-state index in [1.54, 1.807) is 4.68 Å². The van der Waals surface area contributed by atoms with Gasteiger partial charge in [0.25, 0.3) is 0 Å². The number of nitriles is 1. The molecule has 0 fully saturated rings. The highest BCUT2D eigenvalue weighted by Crippen LogP contribution is 2.25. The lowest BCUT2D eigenvalue weighted by Gasteiger charge is -2.11. The summed E-state index contributed by atoms with van der Waals surface area (Å²) in [7, 11) is 1.88. The van der Waals surface area contributed by atoms with Gasteiger partial charge in [0, 0.05) is 13.2 Å². The molecule has 92 valence electrons. The number of ether oxygens (including phenoxy) is 1. The smallest absolute Gasteiger partial charge is 0.132 e. The summed E-state index contributed by atoms with van der Waals surface area (Å²) in [6.07, 6.45) is 1.89. The van der Waals surface area contributed by atoms with Crippen LogP contribution in [-0.4, -0.2) is 9.78 Å². The van der Waals surface area contributed by atoms with E-state index in [4.69, 9.17) is 10.00 Å². The third-order valence-corrected chi connectivity index (χ3v) is 2.72. The molecule has 1 heterocycles. The lowest BCUT2D eigenvalue weighted by atomic mass is 10.1. The summed E-state index contributed by atoms with van der Waals surface area (Å²) >= 11 is 0. The van der Waals surface area contributed by atoms with E-state index in [1.807, 2.05) is 45.3 Å². The molecule has 0 aliphatic carbocycles. The van der Waals surface area contributed by atoms with E-state index < -0.39 is 0 Å². The molecule has 4 nitrogen and oxygen atoms in total. The second-order valence-corrected chi connectivity index (χ2v) is 4.32. The van der Waals surface area contributed by atoms with Gasteiger partial charge in [-0.1, -0.05) is 0 Å². The number of nitrogens with zero attached hydrogens (tertiary/aromatic N) is 3. The first-order chi connectivity index (χ1) is 8.60. The Morgan fingerprint density at radius 1 is 1.33 bits per heavy atom. The van der Waals surface area contributed by atoms with E-state index in [1.165, 1.54) is 0 Å². The molecule has 0 radical (unpaired) electrons. The fourth-order valence-electron chi connectivity index (χ4n) is 1.93. The summed E-state index contributed by atoms with van der Waals surface area (Å²) < 4.78 is 7.53. The van der Waals surface area contributed by atoms with Crippen LogP contribution < -0.4 is 4.74 Å². The number of hydrogen-bond acceptors (Lipinski definition) is 3. The van der Waals surface area contributed by atoms with Crippen LogP contribution in [0.25, 0.3) is 0 Å². The number of hydrogen-bond donors (Lipinski definition) is 0. The maximum Gasteiger partial charge on any atom is 0.132 e. The molecule has 0 spiro atoms. The van der Waals surface area contributed by atoms with Crippen molar-refractivity contribution in [1.82, 2.24) is 9.78 Å². The highest BCUT2D eigenvalue weighted by molar-refractivity contribution is 5.47. The van der Waals surface area contributed by atoms with Gasteiger partial charge in [0.2, 0.25) is 0 Å². The average Bonchev–Trinajstić information content (AvgIpc) is 2.73. The van der Waals surface area contributed by atoms with Crippen LogP contribution in [-0.2, 0) is 13.7 Å². The lowest BCUT2D eigenvalue weighted by molar-refractivity contribution is 0.296. The quantitative estimate of drug-likeness (QED) is 0.829. The molecule has 0 bridgehead atoms. The summed E-state index contributed by atoms with van der Waals surface area (Å²) in [5, 5.41) is 13.1. The Morgan fingerprint density at radius 2 is 2.00 bits per heavy atom. The predicted octanol–water partition coefficient (Wildman–Crippen LogP) is 2.49. The van der Waals surface area contributed by atoms with Gasteiger partial charge in [-0.3, -0.25) is 4.68 Å². The third-order valence-electron chi connectivity index (χ3n) is 2.72. The number of rotatable bonds is 3. The highest BCUT2D eigenvalue weighted by atomic mass is 16.5. The number of aromatic nitrogens is 2. The highest BCUT2D eigenvalue weighted by Gasteiger charge is 2.07. The predicted molar refractivity (Wildman–Crippen MR) is 68.2 cm³/mol. The van der Waals surface area contributed by atoms with Gasteiger partial charge in [0.05, 0.1) is 17.3 Å². The van der Waals surface area contributed by atoms with Crippen LogP contribution in [0.3, 0.4) is 0 Å².